The van der Waals surface area contributed by atoms with Crippen molar-refractivity contribution < 1.29 is 19.1 Å². The largest absolute Gasteiger partial charge is 0.478 e. The second kappa shape index (κ2) is 28.7. The average Bonchev–Trinajstić information content (AvgIpc) is 3.16. The summed E-state index contributed by atoms with van der Waals surface area (Å²) >= 11 is 5.89. The Labute approximate surface area is 335 Å². The first-order valence-electron chi connectivity index (χ1n) is 19.6. The molecule has 0 fully saturated rings. The maximum atomic E-state index is 12.9. The minimum atomic E-state index is -1.07. The van der Waals surface area contributed by atoms with Crippen molar-refractivity contribution in [3.63, 3.8) is 0 Å². The van der Waals surface area contributed by atoms with E-state index < -0.39 is 5.60 Å². The fourth-order valence-electron chi connectivity index (χ4n) is 5.10. The fourth-order valence-corrected chi connectivity index (χ4v) is 5.23. The Bertz CT molecular complexity index is 1570. The van der Waals surface area contributed by atoms with Gasteiger partial charge in [0.15, 0.2) is 5.60 Å². The number of amides is 3. The summed E-state index contributed by atoms with van der Waals surface area (Å²) in [7, 11) is 1.96. The van der Waals surface area contributed by atoms with E-state index >= 15 is 0 Å². The Balaban J connectivity index is 1.50. The number of hydrogen-bond donors (Lipinski definition) is 3. The van der Waals surface area contributed by atoms with Gasteiger partial charge in [-0.15, -0.1) is 0 Å². The van der Waals surface area contributed by atoms with Gasteiger partial charge in [0.1, 0.15) is 5.75 Å². The molecule has 0 aromatic heterocycles. The zero-order valence-electron chi connectivity index (χ0n) is 33.4. The first kappa shape index (κ1) is 46.5. The Morgan fingerprint density at radius 2 is 1.18 bits per heavy atom. The molecule has 2 aromatic rings. The predicted molar refractivity (Wildman–Crippen MR) is 230 cm³/mol. The van der Waals surface area contributed by atoms with Gasteiger partial charge in [-0.25, -0.2) is 0 Å². The molecule has 9 heteroatoms. The molecule has 2 aromatic carbocycles. The molecular formula is C46H63ClN4O4. The fraction of sp³-hybridized carbons (Fsp3) is 0.413. The van der Waals surface area contributed by atoms with Crippen molar-refractivity contribution in [2.45, 2.75) is 84.2 Å². The molecule has 0 aliphatic carbocycles. The summed E-state index contributed by atoms with van der Waals surface area (Å²) in [6, 6.07) is 14.3. The molecule has 298 valence electrons. The Morgan fingerprint density at radius 3 is 1.73 bits per heavy atom. The van der Waals surface area contributed by atoms with E-state index in [-0.39, 0.29) is 17.7 Å². The molecule has 0 bridgehead atoms. The molecule has 3 N–H and O–H groups in total. The minimum absolute atomic E-state index is 0.0362. The Kier molecular flexibility index (Phi) is 24.3. The number of rotatable bonds is 27. The second-order valence-electron chi connectivity index (χ2n) is 13.6. The van der Waals surface area contributed by atoms with Gasteiger partial charge in [0, 0.05) is 49.7 Å². The van der Waals surface area contributed by atoms with Crippen LogP contribution in [0.5, 0.6) is 5.75 Å². The summed E-state index contributed by atoms with van der Waals surface area (Å²) in [6.07, 6.45) is 33.7. The van der Waals surface area contributed by atoms with E-state index in [0.717, 1.165) is 44.1 Å². The van der Waals surface area contributed by atoms with Crippen LogP contribution in [0.15, 0.2) is 121 Å². The van der Waals surface area contributed by atoms with Crippen molar-refractivity contribution in [2.75, 3.05) is 39.8 Å². The van der Waals surface area contributed by atoms with E-state index in [1.54, 1.807) is 38.1 Å². The van der Waals surface area contributed by atoms with Crippen LogP contribution in [0.2, 0.25) is 5.02 Å². The number of nitrogens with zero attached hydrogens (tertiary/aromatic N) is 1. The molecular weight excluding hydrogens is 708 g/mol. The van der Waals surface area contributed by atoms with Crippen molar-refractivity contribution in [3.05, 3.63) is 138 Å². The standard InChI is InChI=1S/C46H63ClN4O4/c1-5-6-7-8-9-10-11-12-13-14-15-16-17-18-19-20-21-22-23-24-43(52)48-35-37-51(4)38-36-50-45(54)46(2,3)55-42-31-25-39(26-32-42)33-34-49-44(53)40-27-29-41(47)30-28-40/h6-7,9-10,12-13,15-16,18-19,21-22,25-32H,5,8,11,14,17,20,23-24,33-38H2,1-4H3,(H,48,52)(H,49,53)(H,50,54). The second-order valence-corrected chi connectivity index (χ2v) is 14.1. The van der Waals surface area contributed by atoms with Crippen molar-refractivity contribution in [2.24, 2.45) is 0 Å². The molecule has 0 unspecified atom stereocenters. The number of carbonyl (C=O) groups is 3. The number of halogens is 1. The third-order valence-electron chi connectivity index (χ3n) is 8.38. The number of benzene rings is 2. The third kappa shape index (κ3) is 23.0. The number of allylic oxidation sites excluding steroid dienone is 12. The number of ether oxygens (including phenoxy) is 1. The van der Waals surface area contributed by atoms with Gasteiger partial charge in [0.2, 0.25) is 5.91 Å². The highest BCUT2D eigenvalue weighted by Gasteiger charge is 2.29. The van der Waals surface area contributed by atoms with Gasteiger partial charge in [-0.05, 0) is 114 Å². The summed E-state index contributed by atoms with van der Waals surface area (Å²) in [5, 5.41) is 9.43. The van der Waals surface area contributed by atoms with Gasteiger partial charge in [0.05, 0.1) is 0 Å². The molecule has 55 heavy (non-hydrogen) atoms. The van der Waals surface area contributed by atoms with Crippen LogP contribution in [0.3, 0.4) is 0 Å². The van der Waals surface area contributed by atoms with E-state index in [2.05, 4.69) is 101 Å². The monoisotopic (exact) mass is 770 g/mol. The lowest BCUT2D eigenvalue weighted by molar-refractivity contribution is -0.134. The minimum Gasteiger partial charge on any atom is -0.478 e. The molecule has 0 aliphatic heterocycles. The van der Waals surface area contributed by atoms with E-state index in [0.29, 0.717) is 68.3 Å². The smallest absolute Gasteiger partial charge is 0.263 e. The molecule has 0 heterocycles. The predicted octanol–water partition coefficient (Wildman–Crippen LogP) is 9.11. The summed E-state index contributed by atoms with van der Waals surface area (Å²) in [6.45, 7) is 8.44. The van der Waals surface area contributed by atoms with Gasteiger partial charge in [-0.1, -0.05) is 104 Å². The van der Waals surface area contributed by atoms with Crippen LogP contribution in [-0.2, 0) is 16.0 Å². The average molecular weight is 771 g/mol. The lowest BCUT2D eigenvalue weighted by atomic mass is 10.1. The zero-order chi connectivity index (χ0) is 40.0. The number of carbonyl (C=O) groups excluding carboxylic acids is 3. The molecule has 2 rings (SSSR count). The van der Waals surface area contributed by atoms with E-state index in [1.807, 2.05) is 31.3 Å². The molecule has 0 radical (unpaired) electrons. The third-order valence-corrected chi connectivity index (χ3v) is 8.63. The highest BCUT2D eigenvalue weighted by Crippen LogP contribution is 2.19. The normalized spacial score (nSPS) is 12.3. The van der Waals surface area contributed by atoms with Crippen molar-refractivity contribution >= 4 is 29.3 Å². The van der Waals surface area contributed by atoms with E-state index in [9.17, 15) is 14.4 Å². The highest BCUT2D eigenvalue weighted by molar-refractivity contribution is 6.30. The quantitative estimate of drug-likeness (QED) is 0.0788. The van der Waals surface area contributed by atoms with E-state index in [1.165, 1.54) is 0 Å². The van der Waals surface area contributed by atoms with Crippen molar-refractivity contribution in [3.8, 4) is 5.75 Å². The van der Waals surface area contributed by atoms with Crippen LogP contribution in [0.1, 0.15) is 88.1 Å². The SMILES string of the molecule is CCC=CCC=CCC=CCC=CCC=CCC=CCCC(=O)NCCN(C)CCNC(=O)C(C)(C)Oc1ccc(CCNC(=O)c2ccc(Cl)cc2)cc1. The first-order chi connectivity index (χ1) is 26.6. The summed E-state index contributed by atoms with van der Waals surface area (Å²) in [5.74, 6) is 0.264. The maximum Gasteiger partial charge on any atom is 0.263 e. The lowest BCUT2D eigenvalue weighted by Crippen LogP contribution is -2.48. The number of likely N-dealkylation sites (N-methyl/N-ethyl adjacent to an activating group) is 1. The van der Waals surface area contributed by atoms with Gasteiger partial charge >= 0.3 is 0 Å². The van der Waals surface area contributed by atoms with Crippen LogP contribution in [-0.4, -0.2) is 68.0 Å². The topological polar surface area (TPSA) is 99.8 Å². The summed E-state index contributed by atoms with van der Waals surface area (Å²) in [5.41, 5.74) is 0.534. The van der Waals surface area contributed by atoms with Gasteiger partial charge in [-0.2, -0.15) is 0 Å². The van der Waals surface area contributed by atoms with Gasteiger partial charge in [-0.3, -0.25) is 14.4 Å². The van der Waals surface area contributed by atoms with Gasteiger partial charge in [0.25, 0.3) is 11.8 Å². The summed E-state index contributed by atoms with van der Waals surface area (Å²) < 4.78 is 6.01. The van der Waals surface area contributed by atoms with Crippen LogP contribution in [0.25, 0.3) is 0 Å². The molecule has 8 nitrogen and oxygen atoms in total. The Hall–Kier alpha value is -4.66. The lowest BCUT2D eigenvalue weighted by Gasteiger charge is -2.26. The van der Waals surface area contributed by atoms with Gasteiger partial charge < -0.3 is 25.6 Å². The number of nitrogens with one attached hydrogen (secondary N) is 3. The molecule has 0 spiro atoms. The number of hydrogen-bond acceptors (Lipinski definition) is 5. The van der Waals surface area contributed by atoms with E-state index in [4.69, 9.17) is 16.3 Å². The van der Waals surface area contributed by atoms with Crippen LogP contribution in [0.4, 0.5) is 0 Å². The highest BCUT2D eigenvalue weighted by atomic mass is 35.5. The molecule has 0 atom stereocenters. The van der Waals surface area contributed by atoms with Crippen molar-refractivity contribution in [1.29, 1.82) is 0 Å². The van der Waals surface area contributed by atoms with Crippen LogP contribution in [0, 0.1) is 0 Å². The summed E-state index contributed by atoms with van der Waals surface area (Å²) in [4.78, 5) is 39.5. The first-order valence-corrected chi connectivity index (χ1v) is 19.9. The zero-order valence-corrected chi connectivity index (χ0v) is 34.2. The van der Waals surface area contributed by atoms with Crippen LogP contribution >= 0.6 is 11.6 Å². The Morgan fingerprint density at radius 1 is 0.673 bits per heavy atom. The van der Waals surface area contributed by atoms with Crippen LogP contribution < -0.4 is 20.7 Å². The molecule has 0 aliphatic rings. The molecule has 3 amide bonds. The maximum absolute atomic E-state index is 12.9. The molecule has 0 saturated heterocycles. The molecule has 0 saturated carbocycles. The van der Waals surface area contributed by atoms with Crippen molar-refractivity contribution in [1.82, 2.24) is 20.9 Å².